The molecular formula is C21H21N5O2. The highest BCUT2D eigenvalue weighted by Crippen LogP contribution is 2.29. The van der Waals surface area contributed by atoms with E-state index in [1.165, 1.54) is 0 Å². The van der Waals surface area contributed by atoms with Gasteiger partial charge in [-0.2, -0.15) is 4.98 Å². The third-order valence-corrected chi connectivity index (χ3v) is 4.71. The third kappa shape index (κ3) is 2.76. The van der Waals surface area contributed by atoms with Crippen LogP contribution in [0.1, 0.15) is 21.7 Å². The van der Waals surface area contributed by atoms with E-state index in [0.29, 0.717) is 17.1 Å². The molecule has 4 rings (SSSR count). The molecule has 1 amide bonds. The molecule has 0 spiro atoms. The van der Waals surface area contributed by atoms with Crippen molar-refractivity contribution in [2.75, 3.05) is 21.2 Å². The molecule has 0 fully saturated rings. The Kier molecular flexibility index (Phi) is 4.22. The van der Waals surface area contributed by atoms with Gasteiger partial charge >= 0.3 is 0 Å². The van der Waals surface area contributed by atoms with E-state index in [9.17, 15) is 4.79 Å². The van der Waals surface area contributed by atoms with Crippen LogP contribution in [0.5, 0.6) is 5.88 Å². The van der Waals surface area contributed by atoms with Gasteiger partial charge in [0.05, 0.1) is 24.0 Å². The van der Waals surface area contributed by atoms with Gasteiger partial charge in [-0.05, 0) is 32.0 Å². The lowest BCUT2D eigenvalue weighted by atomic mass is 10.1. The maximum Gasteiger partial charge on any atom is 0.253 e. The normalized spacial score (nSPS) is 11.2. The van der Waals surface area contributed by atoms with Crippen LogP contribution in [0.25, 0.3) is 28.1 Å². The van der Waals surface area contributed by atoms with Crippen molar-refractivity contribution in [2.45, 2.75) is 13.8 Å². The molecule has 0 N–H and O–H groups in total. The molecule has 0 radical (unpaired) electrons. The summed E-state index contributed by atoms with van der Waals surface area (Å²) in [6.45, 7) is 3.91. The molecule has 3 heterocycles. The molecule has 142 valence electrons. The zero-order chi connectivity index (χ0) is 20.0. The molecule has 1 aromatic carbocycles. The molecule has 0 bridgehead atoms. The Labute approximate surface area is 162 Å². The highest BCUT2D eigenvalue weighted by Gasteiger charge is 2.18. The molecule has 0 unspecified atom stereocenters. The number of aryl methyl sites for hydroxylation is 2. The first kappa shape index (κ1) is 17.9. The number of hydrogen-bond donors (Lipinski definition) is 0. The van der Waals surface area contributed by atoms with E-state index < -0.39 is 0 Å². The minimum Gasteiger partial charge on any atom is -0.481 e. The second-order valence-electron chi connectivity index (χ2n) is 6.88. The number of hydrogen-bond acceptors (Lipinski definition) is 5. The van der Waals surface area contributed by atoms with Crippen LogP contribution >= 0.6 is 0 Å². The second-order valence-corrected chi connectivity index (χ2v) is 6.88. The van der Waals surface area contributed by atoms with Gasteiger partial charge in [0.15, 0.2) is 5.65 Å². The number of pyridine rings is 1. The Hall–Kier alpha value is -3.48. The fraction of sp³-hybridized carbons (Fsp3) is 0.238. The van der Waals surface area contributed by atoms with E-state index in [1.54, 1.807) is 38.2 Å². The summed E-state index contributed by atoms with van der Waals surface area (Å²) < 4.78 is 7.30. The Morgan fingerprint density at radius 3 is 2.50 bits per heavy atom. The molecule has 0 saturated heterocycles. The van der Waals surface area contributed by atoms with Crippen LogP contribution in [0.3, 0.4) is 0 Å². The van der Waals surface area contributed by atoms with E-state index >= 15 is 0 Å². The van der Waals surface area contributed by atoms with E-state index in [0.717, 1.165) is 33.8 Å². The number of aromatic nitrogens is 4. The first-order valence-corrected chi connectivity index (χ1v) is 8.93. The molecule has 0 saturated carbocycles. The van der Waals surface area contributed by atoms with Gasteiger partial charge in [0.1, 0.15) is 11.3 Å². The summed E-state index contributed by atoms with van der Waals surface area (Å²) in [7, 11) is 5.06. The van der Waals surface area contributed by atoms with Gasteiger partial charge in [-0.15, -0.1) is 0 Å². The molecule has 0 atom stereocenters. The third-order valence-electron chi connectivity index (χ3n) is 4.71. The Morgan fingerprint density at radius 2 is 1.79 bits per heavy atom. The molecular weight excluding hydrogens is 354 g/mol. The Bertz CT molecular complexity index is 1230. The van der Waals surface area contributed by atoms with Crippen LogP contribution < -0.4 is 4.74 Å². The zero-order valence-electron chi connectivity index (χ0n) is 16.5. The molecule has 3 aromatic heterocycles. The molecule has 7 heteroatoms. The molecule has 28 heavy (non-hydrogen) atoms. The first-order valence-electron chi connectivity index (χ1n) is 8.93. The predicted molar refractivity (Wildman–Crippen MR) is 108 cm³/mol. The summed E-state index contributed by atoms with van der Waals surface area (Å²) in [6.07, 6.45) is 0. The number of nitrogens with zero attached hydrogens (tertiary/aromatic N) is 5. The van der Waals surface area contributed by atoms with Crippen LogP contribution in [0.2, 0.25) is 0 Å². The van der Waals surface area contributed by atoms with Crippen molar-refractivity contribution in [1.82, 2.24) is 24.3 Å². The average Bonchev–Trinajstić information content (AvgIpc) is 3.05. The summed E-state index contributed by atoms with van der Waals surface area (Å²) in [5.74, 6) is 1.17. The summed E-state index contributed by atoms with van der Waals surface area (Å²) in [5, 5.41) is 0. The number of amides is 1. The SMILES string of the molecule is COc1ccc2nc(C)c3c(C)nc(-c4cccc(C(=O)N(C)C)c4)n3c2n1. The Balaban J connectivity index is 2.05. The molecule has 0 aliphatic heterocycles. The number of carbonyl (C=O) groups excluding carboxylic acids is 1. The van der Waals surface area contributed by atoms with Crippen molar-refractivity contribution in [2.24, 2.45) is 0 Å². The van der Waals surface area contributed by atoms with Crippen molar-refractivity contribution in [3.8, 4) is 17.3 Å². The number of ether oxygens (including phenoxy) is 1. The average molecular weight is 375 g/mol. The fourth-order valence-electron chi connectivity index (χ4n) is 3.43. The van der Waals surface area contributed by atoms with Crippen molar-refractivity contribution in [1.29, 1.82) is 0 Å². The molecule has 7 nitrogen and oxygen atoms in total. The van der Waals surface area contributed by atoms with Gasteiger partial charge in [0, 0.05) is 31.3 Å². The summed E-state index contributed by atoms with van der Waals surface area (Å²) >= 11 is 0. The van der Waals surface area contributed by atoms with Gasteiger partial charge in [-0.3, -0.25) is 9.20 Å². The highest BCUT2D eigenvalue weighted by atomic mass is 16.5. The van der Waals surface area contributed by atoms with Gasteiger partial charge in [0.2, 0.25) is 5.88 Å². The summed E-state index contributed by atoms with van der Waals surface area (Å²) in [4.78, 5) is 28.0. The van der Waals surface area contributed by atoms with Crippen molar-refractivity contribution in [3.63, 3.8) is 0 Å². The van der Waals surface area contributed by atoms with Crippen molar-refractivity contribution < 1.29 is 9.53 Å². The number of rotatable bonds is 3. The number of carbonyl (C=O) groups is 1. The fourth-order valence-corrected chi connectivity index (χ4v) is 3.43. The second kappa shape index (κ2) is 6.60. The number of imidazole rings is 1. The molecule has 0 aliphatic rings. The highest BCUT2D eigenvalue weighted by molar-refractivity contribution is 5.95. The number of methoxy groups -OCH3 is 1. The molecule has 0 aliphatic carbocycles. The topological polar surface area (TPSA) is 72.6 Å². The van der Waals surface area contributed by atoms with Crippen molar-refractivity contribution >= 4 is 22.6 Å². The minimum absolute atomic E-state index is 0.0538. The number of fused-ring (bicyclic) bond motifs is 3. The van der Waals surface area contributed by atoms with E-state index in [2.05, 4.69) is 9.97 Å². The lowest BCUT2D eigenvalue weighted by molar-refractivity contribution is 0.0827. The van der Waals surface area contributed by atoms with E-state index in [4.69, 9.17) is 9.72 Å². The van der Waals surface area contributed by atoms with E-state index in [-0.39, 0.29) is 5.91 Å². The maximum absolute atomic E-state index is 12.4. The van der Waals surface area contributed by atoms with Gasteiger partial charge < -0.3 is 9.64 Å². The van der Waals surface area contributed by atoms with Gasteiger partial charge in [-0.25, -0.2) is 9.97 Å². The summed E-state index contributed by atoms with van der Waals surface area (Å²) in [6, 6.07) is 11.2. The number of benzene rings is 1. The van der Waals surface area contributed by atoms with Crippen LogP contribution in [0.4, 0.5) is 0 Å². The predicted octanol–water partition coefficient (Wildman–Crippen LogP) is 3.27. The largest absolute Gasteiger partial charge is 0.481 e. The first-order chi connectivity index (χ1) is 13.4. The monoisotopic (exact) mass is 375 g/mol. The smallest absolute Gasteiger partial charge is 0.253 e. The minimum atomic E-state index is -0.0538. The van der Waals surface area contributed by atoms with Gasteiger partial charge in [-0.1, -0.05) is 12.1 Å². The van der Waals surface area contributed by atoms with Crippen LogP contribution in [-0.2, 0) is 0 Å². The maximum atomic E-state index is 12.4. The van der Waals surface area contributed by atoms with Gasteiger partial charge in [0.25, 0.3) is 5.91 Å². The standard InChI is InChI=1S/C21H21N5O2/c1-12-18-13(2)23-19(14-7-6-8-15(11-14)21(27)25(3)4)26(18)20-16(22-12)9-10-17(24-20)28-5/h6-11H,1-5H3. The van der Waals surface area contributed by atoms with Crippen molar-refractivity contribution in [3.05, 3.63) is 53.3 Å². The zero-order valence-corrected chi connectivity index (χ0v) is 16.5. The lowest BCUT2D eigenvalue weighted by Crippen LogP contribution is -2.21. The van der Waals surface area contributed by atoms with Crippen LogP contribution in [0.15, 0.2) is 36.4 Å². The molecule has 4 aromatic rings. The van der Waals surface area contributed by atoms with Crippen LogP contribution in [0, 0.1) is 13.8 Å². The quantitative estimate of drug-likeness (QED) is 0.549. The lowest BCUT2D eigenvalue weighted by Gasteiger charge is -2.12. The van der Waals surface area contributed by atoms with E-state index in [1.807, 2.05) is 42.5 Å². The van der Waals surface area contributed by atoms with Crippen LogP contribution in [-0.4, -0.2) is 51.4 Å². The summed E-state index contributed by atoms with van der Waals surface area (Å²) in [5.41, 5.74) is 5.51. The Morgan fingerprint density at radius 1 is 1.04 bits per heavy atom.